The van der Waals surface area contributed by atoms with Gasteiger partial charge in [-0.15, -0.1) is 5.10 Å². The van der Waals surface area contributed by atoms with Crippen molar-refractivity contribution in [2.24, 2.45) is 0 Å². The molecule has 0 saturated heterocycles. The number of hydrogen-bond acceptors (Lipinski definition) is 3. The normalized spacial score (nSPS) is 17.2. The second-order valence-electron chi connectivity index (χ2n) is 5.59. The molecule has 0 saturated carbocycles. The van der Waals surface area contributed by atoms with Crippen LogP contribution in [0.4, 0.5) is 25.2 Å². The molecule has 22 heavy (non-hydrogen) atoms. The summed E-state index contributed by atoms with van der Waals surface area (Å²) in [4.78, 5) is 4.30. The number of quaternary nitrogens is 1. The van der Waals surface area contributed by atoms with Crippen molar-refractivity contribution in [1.82, 2.24) is 20.0 Å². The Bertz CT molecular complexity index is 648. The zero-order valence-corrected chi connectivity index (χ0v) is 13.2. The second kappa shape index (κ2) is 4.76. The minimum absolute atomic E-state index is 0.213. The standard InChI is InChI=1S/C10H16N5.F6P/c1-8(15(2,3)4)14-10-9(12-13-14)6-5-7-11-10;1-7(2,3,4,5)6/h5-8H,1-4H3;/q+1;-1. The zero-order chi connectivity index (χ0) is 17.5. The number of pyridine rings is 1. The molecule has 12 heteroatoms. The Morgan fingerprint density at radius 3 is 2.05 bits per heavy atom. The van der Waals surface area contributed by atoms with Crippen LogP contribution in [0.5, 0.6) is 0 Å². The molecule has 0 N–H and O–H groups in total. The van der Waals surface area contributed by atoms with Crippen LogP contribution in [0.3, 0.4) is 0 Å². The Labute approximate surface area is 122 Å². The van der Waals surface area contributed by atoms with E-state index in [9.17, 15) is 25.2 Å². The number of hydrogen-bond donors (Lipinski definition) is 0. The minimum atomic E-state index is -10.7. The summed E-state index contributed by atoms with van der Waals surface area (Å²) in [6.45, 7) is 2.11. The van der Waals surface area contributed by atoms with Crippen LogP contribution in [0, 0.1) is 0 Å². The maximum atomic E-state index is 9.87. The molecule has 0 bridgehead atoms. The van der Waals surface area contributed by atoms with E-state index in [2.05, 4.69) is 43.4 Å². The molecule has 2 aromatic heterocycles. The second-order valence-corrected chi connectivity index (χ2v) is 7.50. The van der Waals surface area contributed by atoms with E-state index in [4.69, 9.17) is 0 Å². The van der Waals surface area contributed by atoms with Crippen molar-refractivity contribution in [3.63, 3.8) is 0 Å². The summed E-state index contributed by atoms with van der Waals surface area (Å²) in [5.41, 5.74) is 1.69. The molecular formula is C10H16F6N5P. The molecule has 128 valence electrons. The monoisotopic (exact) mass is 351 g/mol. The van der Waals surface area contributed by atoms with Crippen molar-refractivity contribution >= 4 is 19.0 Å². The van der Waals surface area contributed by atoms with Gasteiger partial charge in [0.05, 0.1) is 21.1 Å². The molecule has 2 rings (SSSR count). The van der Waals surface area contributed by atoms with Crippen LogP contribution < -0.4 is 0 Å². The molecule has 5 nitrogen and oxygen atoms in total. The number of rotatable bonds is 2. The van der Waals surface area contributed by atoms with Gasteiger partial charge in [0.2, 0.25) is 0 Å². The summed E-state index contributed by atoms with van der Waals surface area (Å²) in [5, 5.41) is 8.24. The molecule has 0 aliphatic heterocycles. The van der Waals surface area contributed by atoms with Crippen molar-refractivity contribution < 1.29 is 29.7 Å². The first-order valence-electron chi connectivity index (χ1n) is 5.98. The molecule has 0 spiro atoms. The van der Waals surface area contributed by atoms with Gasteiger partial charge in [-0.25, -0.2) is 4.98 Å². The fourth-order valence-electron chi connectivity index (χ4n) is 1.36. The maximum absolute atomic E-state index is 10.7. The van der Waals surface area contributed by atoms with E-state index < -0.39 is 7.81 Å². The predicted octanol–water partition coefficient (Wildman–Crippen LogP) is 4.43. The third-order valence-electron chi connectivity index (χ3n) is 2.71. The first kappa shape index (κ1) is 18.6. The zero-order valence-electron chi connectivity index (χ0n) is 12.3. The Balaban J connectivity index is 0.000000295. The van der Waals surface area contributed by atoms with Gasteiger partial charge >= 0.3 is 33.0 Å². The number of fused-ring (bicyclic) bond motifs is 1. The van der Waals surface area contributed by atoms with E-state index in [0.717, 1.165) is 15.6 Å². The predicted molar refractivity (Wildman–Crippen MR) is 71.6 cm³/mol. The molecule has 0 radical (unpaired) electrons. The average molecular weight is 351 g/mol. The van der Waals surface area contributed by atoms with Gasteiger partial charge < -0.3 is 4.48 Å². The molecule has 0 fully saturated rings. The summed E-state index contributed by atoms with van der Waals surface area (Å²) in [6.07, 6.45) is 1.98. The first-order chi connectivity index (χ1) is 9.45. The summed E-state index contributed by atoms with van der Waals surface area (Å²) in [5.74, 6) is 0. The molecule has 1 unspecified atom stereocenters. The third-order valence-corrected chi connectivity index (χ3v) is 2.71. The molecule has 0 aliphatic carbocycles. The van der Waals surface area contributed by atoms with E-state index in [1.807, 2.05) is 16.8 Å². The van der Waals surface area contributed by atoms with Crippen molar-refractivity contribution in [2.75, 3.05) is 21.1 Å². The van der Waals surface area contributed by atoms with Gasteiger partial charge in [0.25, 0.3) is 0 Å². The van der Waals surface area contributed by atoms with Gasteiger partial charge in [0.1, 0.15) is 5.52 Å². The fourth-order valence-corrected chi connectivity index (χ4v) is 1.36. The van der Waals surface area contributed by atoms with Crippen LogP contribution in [-0.4, -0.2) is 45.6 Å². The Morgan fingerprint density at radius 2 is 1.59 bits per heavy atom. The fraction of sp³-hybridized carbons (Fsp3) is 0.500. The van der Waals surface area contributed by atoms with Crippen LogP contribution >= 0.6 is 7.81 Å². The van der Waals surface area contributed by atoms with Gasteiger partial charge in [-0.05, 0) is 12.1 Å². The van der Waals surface area contributed by atoms with Crippen LogP contribution in [0.1, 0.15) is 13.1 Å². The number of nitrogens with zero attached hydrogens (tertiary/aromatic N) is 5. The van der Waals surface area contributed by atoms with Crippen LogP contribution in [-0.2, 0) is 0 Å². The Morgan fingerprint density at radius 1 is 1.09 bits per heavy atom. The molecule has 0 amide bonds. The molecule has 0 aliphatic rings. The van der Waals surface area contributed by atoms with E-state index in [1.54, 1.807) is 6.20 Å². The summed E-state index contributed by atoms with van der Waals surface area (Å²) < 4.78 is 61.9. The first-order valence-corrected chi connectivity index (χ1v) is 8.01. The SMILES string of the molecule is CC(n1nnc2cccnc21)[N+](C)(C)C.F[P-](F)(F)(F)(F)F. The quantitative estimate of drug-likeness (QED) is 0.457. The van der Waals surface area contributed by atoms with Crippen LogP contribution in [0.15, 0.2) is 18.3 Å². The van der Waals surface area contributed by atoms with Gasteiger partial charge in [-0.3, -0.25) is 0 Å². The van der Waals surface area contributed by atoms with Gasteiger partial charge in [-0.2, -0.15) is 4.68 Å². The third kappa shape index (κ3) is 6.99. The van der Waals surface area contributed by atoms with Crippen molar-refractivity contribution in [3.8, 4) is 0 Å². The molecule has 2 aromatic rings. The van der Waals surface area contributed by atoms with Crippen molar-refractivity contribution in [3.05, 3.63) is 18.3 Å². The summed E-state index contributed by atoms with van der Waals surface area (Å²) >= 11 is 0. The van der Waals surface area contributed by atoms with Crippen molar-refractivity contribution in [2.45, 2.75) is 13.1 Å². The van der Waals surface area contributed by atoms with Crippen LogP contribution in [0.2, 0.25) is 0 Å². The summed E-state index contributed by atoms with van der Waals surface area (Å²) in [6, 6.07) is 3.80. The number of aromatic nitrogens is 4. The van der Waals surface area contributed by atoms with Gasteiger partial charge in [0.15, 0.2) is 11.8 Å². The van der Waals surface area contributed by atoms with Gasteiger partial charge in [0, 0.05) is 13.1 Å². The van der Waals surface area contributed by atoms with E-state index in [-0.39, 0.29) is 6.17 Å². The topological polar surface area (TPSA) is 43.6 Å². The average Bonchev–Trinajstić information content (AvgIpc) is 2.65. The Hall–Kier alpha value is -1.48. The van der Waals surface area contributed by atoms with Gasteiger partial charge in [-0.1, -0.05) is 5.21 Å². The van der Waals surface area contributed by atoms with Crippen molar-refractivity contribution in [1.29, 1.82) is 0 Å². The molecule has 0 aromatic carbocycles. The Kier molecular flexibility index (Phi) is 4.01. The van der Waals surface area contributed by atoms with Crippen LogP contribution in [0.25, 0.3) is 11.2 Å². The summed E-state index contributed by atoms with van der Waals surface area (Å²) in [7, 11) is -4.28. The van der Waals surface area contributed by atoms with E-state index >= 15 is 0 Å². The van der Waals surface area contributed by atoms with E-state index in [0.29, 0.717) is 0 Å². The number of halogens is 6. The van der Waals surface area contributed by atoms with E-state index in [1.165, 1.54) is 0 Å². The molecule has 1 atom stereocenters. The molecule has 2 heterocycles. The molecular weight excluding hydrogens is 335 g/mol.